The van der Waals surface area contributed by atoms with Crippen LogP contribution in [0.25, 0.3) is 0 Å². The van der Waals surface area contributed by atoms with E-state index in [1.165, 1.54) is 0 Å². The largest absolute Gasteiger partial charge is 0.479 e. The molecule has 4 amide bonds. The summed E-state index contributed by atoms with van der Waals surface area (Å²) in [5, 5.41) is 28.2. The van der Waals surface area contributed by atoms with Gasteiger partial charge in [0.1, 0.15) is 12.1 Å². The van der Waals surface area contributed by atoms with Gasteiger partial charge in [-0.2, -0.15) is 0 Å². The van der Waals surface area contributed by atoms with Crippen LogP contribution in [0.15, 0.2) is 9.98 Å². The number of amides is 4. The summed E-state index contributed by atoms with van der Waals surface area (Å²) in [6, 6.07) is -1.47. The van der Waals surface area contributed by atoms with Crippen LogP contribution in [0.2, 0.25) is 0 Å². The molecular formula is C30H56N10O11. The highest BCUT2D eigenvalue weighted by Crippen LogP contribution is 2.23. The van der Waals surface area contributed by atoms with Crippen molar-refractivity contribution in [1.29, 1.82) is 0 Å². The molecule has 0 radical (unpaired) electrons. The number of carbonyl (C=O) groups is 6. The lowest BCUT2D eigenvalue weighted by Crippen LogP contribution is -2.49. The molecule has 21 heteroatoms. The second-order valence-electron chi connectivity index (χ2n) is 12.6. The maximum absolute atomic E-state index is 12.3. The molecule has 0 spiro atoms. The Balaban J connectivity index is 0.000000962. The summed E-state index contributed by atoms with van der Waals surface area (Å²) in [7, 11) is 0. The summed E-state index contributed by atoms with van der Waals surface area (Å²) in [6.07, 6.45) is -0.609. The zero-order chi connectivity index (χ0) is 38.0. The maximum Gasteiger partial charge on any atom is 0.336 e. The molecule has 0 aromatic rings. The molecule has 0 aliphatic carbocycles. The molecule has 51 heavy (non-hydrogen) atoms. The molecule has 0 bridgehead atoms. The molecule has 2 rings (SSSR count). The van der Waals surface area contributed by atoms with Gasteiger partial charge in [-0.05, 0) is 50.4 Å². The quantitative estimate of drug-likeness (QED) is 0.0221. The molecule has 2 heterocycles. The molecular weight excluding hydrogens is 676 g/mol. The Morgan fingerprint density at radius 2 is 0.941 bits per heavy atom. The number of epoxide rings is 2. The highest BCUT2D eigenvalue weighted by atomic mass is 16.6. The third-order valence-electron chi connectivity index (χ3n) is 7.02. The van der Waals surface area contributed by atoms with E-state index in [1.54, 1.807) is 0 Å². The van der Waals surface area contributed by atoms with E-state index in [0.717, 1.165) is 12.8 Å². The molecule has 0 aromatic carbocycles. The van der Waals surface area contributed by atoms with Crippen LogP contribution in [0.5, 0.6) is 0 Å². The predicted molar refractivity (Wildman–Crippen MR) is 185 cm³/mol. The van der Waals surface area contributed by atoms with Gasteiger partial charge in [0.25, 0.3) is 11.8 Å². The van der Waals surface area contributed by atoms with Crippen molar-refractivity contribution in [2.45, 2.75) is 103 Å². The standard InChI is InChI=1S/2C15H27N5O5.H2O/c2*1-8(2)7-9(20-13(22)10-11(25-10)14(23)24)12(21)18-5-3-4-6-19-15(16)17;/h2*8-11H,3-7H2,1-2H3,(H,18,21)(H,20,22)(H,23,24)(H4,16,17,19);1H2/t2*9-,10+,11+;/m00./s1. The Morgan fingerprint density at radius 3 is 1.20 bits per heavy atom. The fourth-order valence-electron chi connectivity index (χ4n) is 4.47. The van der Waals surface area contributed by atoms with E-state index in [4.69, 9.17) is 42.6 Å². The Labute approximate surface area is 296 Å². The molecule has 21 nitrogen and oxygen atoms in total. The zero-order valence-corrected chi connectivity index (χ0v) is 29.6. The van der Waals surface area contributed by atoms with E-state index in [0.29, 0.717) is 51.9 Å². The number of aliphatic carboxylic acids is 2. The number of hydrogen-bond acceptors (Lipinski definition) is 10. The summed E-state index contributed by atoms with van der Waals surface area (Å²) in [6.45, 7) is 9.54. The summed E-state index contributed by atoms with van der Waals surface area (Å²) in [5.74, 6) is -3.75. The van der Waals surface area contributed by atoms with Gasteiger partial charge in [-0.3, -0.25) is 29.2 Å². The fourth-order valence-corrected chi connectivity index (χ4v) is 4.47. The number of nitrogens with two attached hydrogens (primary N) is 4. The first-order valence-corrected chi connectivity index (χ1v) is 16.5. The number of carboxylic acid groups (broad SMARTS) is 2. The Morgan fingerprint density at radius 1 is 0.608 bits per heavy atom. The van der Waals surface area contributed by atoms with Crippen LogP contribution in [0.3, 0.4) is 0 Å². The average Bonchev–Trinajstić information content (AvgIpc) is 3.93. The van der Waals surface area contributed by atoms with Gasteiger partial charge in [0.2, 0.25) is 11.8 Å². The number of unbranched alkanes of at least 4 members (excludes halogenated alkanes) is 2. The van der Waals surface area contributed by atoms with Gasteiger partial charge >= 0.3 is 11.9 Å². The van der Waals surface area contributed by atoms with Crippen LogP contribution in [0.4, 0.5) is 0 Å². The minimum absolute atomic E-state index is 0. The molecule has 0 aromatic heterocycles. The number of ether oxygens (including phenoxy) is 2. The summed E-state index contributed by atoms with van der Waals surface area (Å²) >= 11 is 0. The molecule has 6 atom stereocenters. The Kier molecular flexibility index (Phi) is 21.4. The zero-order valence-electron chi connectivity index (χ0n) is 29.6. The highest BCUT2D eigenvalue weighted by Gasteiger charge is 2.52. The van der Waals surface area contributed by atoms with Gasteiger partial charge in [0.05, 0.1) is 0 Å². The first-order chi connectivity index (χ1) is 23.4. The third kappa shape index (κ3) is 19.9. The molecule has 16 N–H and O–H groups in total. The molecule has 2 saturated heterocycles. The predicted octanol–water partition coefficient (Wildman–Crippen LogP) is -3.75. The van der Waals surface area contributed by atoms with Crippen molar-refractivity contribution in [3.8, 4) is 0 Å². The Hall–Kier alpha value is -4.76. The molecule has 0 unspecified atom stereocenters. The lowest BCUT2D eigenvalue weighted by molar-refractivity contribution is -0.139. The molecule has 2 aliphatic heterocycles. The maximum atomic E-state index is 12.3. The normalized spacial score (nSPS) is 19.4. The Bertz CT molecular complexity index is 1130. The third-order valence-corrected chi connectivity index (χ3v) is 7.02. The highest BCUT2D eigenvalue weighted by molar-refractivity contribution is 5.96. The first kappa shape index (κ1) is 46.2. The number of hydrogen-bond donors (Lipinski definition) is 10. The van der Waals surface area contributed by atoms with E-state index < -0.39 is 60.3 Å². The summed E-state index contributed by atoms with van der Waals surface area (Å²) < 4.78 is 9.59. The molecule has 292 valence electrons. The van der Waals surface area contributed by atoms with E-state index in [2.05, 4.69) is 31.3 Å². The van der Waals surface area contributed by atoms with Gasteiger partial charge in [-0.1, -0.05) is 27.7 Å². The van der Waals surface area contributed by atoms with E-state index in [9.17, 15) is 28.8 Å². The first-order valence-electron chi connectivity index (χ1n) is 16.5. The van der Waals surface area contributed by atoms with Crippen molar-refractivity contribution >= 4 is 47.5 Å². The fraction of sp³-hybridized carbons (Fsp3) is 0.733. The van der Waals surface area contributed by atoms with Crippen LogP contribution in [-0.2, 0) is 38.2 Å². The van der Waals surface area contributed by atoms with Crippen LogP contribution < -0.4 is 44.2 Å². The van der Waals surface area contributed by atoms with Crippen LogP contribution >= 0.6 is 0 Å². The van der Waals surface area contributed by atoms with E-state index >= 15 is 0 Å². The van der Waals surface area contributed by atoms with Crippen molar-refractivity contribution in [3.05, 3.63) is 0 Å². The topological polar surface area (TPSA) is 376 Å². The molecule has 2 aliphatic rings. The van der Waals surface area contributed by atoms with E-state index in [-0.39, 0.29) is 41.0 Å². The van der Waals surface area contributed by atoms with Crippen molar-refractivity contribution in [2.75, 3.05) is 26.2 Å². The average molecular weight is 733 g/mol. The number of carbonyl (C=O) groups excluding carboxylic acids is 4. The summed E-state index contributed by atoms with van der Waals surface area (Å²) in [5.41, 5.74) is 20.9. The lowest BCUT2D eigenvalue weighted by atomic mass is 10.0. The minimum Gasteiger partial charge on any atom is -0.479 e. The SMILES string of the molecule is CC(C)C[C@H](NC(=O)[C@@H]1O[C@H]1C(=O)O)C(=O)NCCCCN=C(N)N.CC(C)C[C@H](NC(=O)[C@@H]1O[C@H]1C(=O)O)C(=O)NCCCCN=C(N)N.O. The van der Waals surface area contributed by atoms with Crippen molar-refractivity contribution < 1.29 is 53.9 Å². The number of nitrogens with one attached hydrogen (secondary N) is 4. The lowest BCUT2D eigenvalue weighted by Gasteiger charge is -2.19. The molecule has 2 fully saturated rings. The number of aliphatic imine (C=N–C) groups is 2. The smallest absolute Gasteiger partial charge is 0.336 e. The monoisotopic (exact) mass is 732 g/mol. The van der Waals surface area contributed by atoms with Crippen LogP contribution in [0.1, 0.15) is 66.2 Å². The second-order valence-corrected chi connectivity index (χ2v) is 12.6. The van der Waals surface area contributed by atoms with Gasteiger partial charge in [0, 0.05) is 26.2 Å². The number of carboxylic acids is 2. The van der Waals surface area contributed by atoms with Crippen molar-refractivity contribution in [3.63, 3.8) is 0 Å². The van der Waals surface area contributed by atoms with Crippen molar-refractivity contribution in [1.82, 2.24) is 21.3 Å². The second kappa shape index (κ2) is 23.6. The number of nitrogens with zero attached hydrogens (tertiary/aromatic N) is 2. The van der Waals surface area contributed by atoms with Crippen LogP contribution in [-0.4, -0.2) is 126 Å². The van der Waals surface area contributed by atoms with Gasteiger partial charge < -0.3 is 69.4 Å². The number of rotatable bonds is 22. The number of guanidine groups is 2. The van der Waals surface area contributed by atoms with Gasteiger partial charge in [0.15, 0.2) is 36.3 Å². The van der Waals surface area contributed by atoms with E-state index in [1.807, 2.05) is 27.7 Å². The molecule has 0 saturated carbocycles. The van der Waals surface area contributed by atoms with Crippen molar-refractivity contribution in [2.24, 2.45) is 44.8 Å². The minimum atomic E-state index is -1.19. The van der Waals surface area contributed by atoms with Gasteiger partial charge in [-0.25, -0.2) is 9.59 Å². The van der Waals surface area contributed by atoms with Crippen LogP contribution in [0, 0.1) is 11.8 Å². The van der Waals surface area contributed by atoms with Gasteiger partial charge in [-0.15, -0.1) is 0 Å². The summed E-state index contributed by atoms with van der Waals surface area (Å²) in [4.78, 5) is 77.6.